The number of benzene rings is 2. The van der Waals surface area contributed by atoms with Gasteiger partial charge in [-0.3, -0.25) is 0 Å². The van der Waals surface area contributed by atoms with Crippen LogP contribution in [0.2, 0.25) is 0 Å². The van der Waals surface area contributed by atoms with Gasteiger partial charge in [0, 0.05) is 20.2 Å². The molecule has 1 heterocycles. The molecule has 0 radical (unpaired) electrons. The summed E-state index contributed by atoms with van der Waals surface area (Å²) < 4.78 is 5.71. The first-order valence-corrected chi connectivity index (χ1v) is 10.5. The SMILES string of the molecule is CCCCc1ccc(OC)c(N(C)C2C(CCO)CNC2c2ccccc2)c1. The topological polar surface area (TPSA) is 44.7 Å². The van der Waals surface area contributed by atoms with Crippen LogP contribution in [0, 0.1) is 5.92 Å². The lowest BCUT2D eigenvalue weighted by Gasteiger charge is -2.36. The molecular weight excluding hydrogens is 348 g/mol. The van der Waals surface area contributed by atoms with Crippen LogP contribution in [-0.4, -0.2) is 38.5 Å². The predicted octanol–water partition coefficient (Wildman–Crippen LogP) is 4.19. The number of likely N-dealkylation sites (N-methyl/N-ethyl adjacent to an activating group) is 1. The number of hydrogen-bond acceptors (Lipinski definition) is 4. The van der Waals surface area contributed by atoms with Crippen LogP contribution in [-0.2, 0) is 6.42 Å². The summed E-state index contributed by atoms with van der Waals surface area (Å²) >= 11 is 0. The van der Waals surface area contributed by atoms with Gasteiger partial charge in [0.1, 0.15) is 5.75 Å². The maximum Gasteiger partial charge on any atom is 0.142 e. The fourth-order valence-corrected chi connectivity index (χ4v) is 4.45. The summed E-state index contributed by atoms with van der Waals surface area (Å²) in [5.41, 5.74) is 3.78. The fourth-order valence-electron chi connectivity index (χ4n) is 4.45. The zero-order valence-electron chi connectivity index (χ0n) is 17.4. The highest BCUT2D eigenvalue weighted by Gasteiger charge is 2.39. The van der Waals surface area contributed by atoms with Crippen molar-refractivity contribution in [3.8, 4) is 5.75 Å². The molecule has 1 aliphatic rings. The number of aryl methyl sites for hydroxylation is 1. The molecule has 1 aliphatic heterocycles. The normalized spacial score (nSPS) is 21.6. The number of unbranched alkanes of at least 4 members (excludes halogenated alkanes) is 1. The van der Waals surface area contributed by atoms with Gasteiger partial charge in [-0.25, -0.2) is 0 Å². The summed E-state index contributed by atoms with van der Waals surface area (Å²) in [6.07, 6.45) is 4.27. The van der Waals surface area contributed by atoms with Crippen LogP contribution in [0.3, 0.4) is 0 Å². The molecule has 152 valence electrons. The Bertz CT molecular complexity index is 735. The maximum atomic E-state index is 9.62. The fraction of sp³-hybridized carbons (Fsp3) is 0.500. The Labute approximate surface area is 169 Å². The molecule has 0 aliphatic carbocycles. The molecule has 2 aromatic carbocycles. The first-order valence-electron chi connectivity index (χ1n) is 10.5. The number of ether oxygens (including phenoxy) is 1. The van der Waals surface area contributed by atoms with Crippen molar-refractivity contribution in [3.63, 3.8) is 0 Å². The molecule has 3 rings (SSSR count). The Kier molecular flexibility index (Phi) is 7.35. The molecule has 0 amide bonds. The molecule has 4 nitrogen and oxygen atoms in total. The van der Waals surface area contributed by atoms with Crippen molar-refractivity contribution in [1.82, 2.24) is 5.32 Å². The third kappa shape index (κ3) is 4.50. The van der Waals surface area contributed by atoms with Gasteiger partial charge in [0.15, 0.2) is 0 Å². The summed E-state index contributed by atoms with van der Waals surface area (Å²) in [7, 11) is 3.91. The minimum absolute atomic E-state index is 0.214. The Morgan fingerprint density at radius 2 is 1.96 bits per heavy atom. The average molecular weight is 383 g/mol. The average Bonchev–Trinajstić information content (AvgIpc) is 3.16. The standard InChI is InChI=1S/C24H34N2O2/c1-4-5-9-18-12-13-22(28-3)21(16-18)26(2)24-20(14-15-27)17-25-23(24)19-10-7-6-8-11-19/h6-8,10-13,16,20,23-25,27H,4-5,9,14-15,17H2,1-3H3. The van der Waals surface area contributed by atoms with Crippen molar-refractivity contribution in [2.24, 2.45) is 5.92 Å². The first-order chi connectivity index (χ1) is 13.7. The quantitative estimate of drug-likeness (QED) is 0.683. The zero-order valence-corrected chi connectivity index (χ0v) is 17.4. The Morgan fingerprint density at radius 1 is 1.18 bits per heavy atom. The Hall–Kier alpha value is -2.04. The van der Waals surface area contributed by atoms with Crippen LogP contribution in [0.15, 0.2) is 48.5 Å². The molecule has 0 saturated carbocycles. The number of aliphatic hydroxyl groups excluding tert-OH is 1. The predicted molar refractivity (Wildman–Crippen MR) is 116 cm³/mol. The minimum Gasteiger partial charge on any atom is -0.495 e. The number of nitrogens with zero attached hydrogens (tertiary/aromatic N) is 1. The molecule has 28 heavy (non-hydrogen) atoms. The van der Waals surface area contributed by atoms with Crippen LogP contribution in [0.25, 0.3) is 0 Å². The second-order valence-electron chi connectivity index (χ2n) is 7.78. The van der Waals surface area contributed by atoms with E-state index in [1.54, 1.807) is 7.11 Å². The molecular formula is C24H34N2O2. The Balaban J connectivity index is 1.95. The van der Waals surface area contributed by atoms with Crippen molar-refractivity contribution < 1.29 is 9.84 Å². The molecule has 3 unspecified atom stereocenters. The van der Waals surface area contributed by atoms with Crippen molar-refractivity contribution in [3.05, 3.63) is 59.7 Å². The highest BCUT2D eigenvalue weighted by molar-refractivity contribution is 5.61. The number of aliphatic hydroxyl groups is 1. The molecule has 0 bridgehead atoms. The van der Waals surface area contributed by atoms with Crippen molar-refractivity contribution in [2.45, 2.75) is 44.7 Å². The van der Waals surface area contributed by atoms with E-state index >= 15 is 0 Å². The van der Waals surface area contributed by atoms with E-state index in [9.17, 15) is 5.11 Å². The van der Waals surface area contributed by atoms with E-state index in [1.165, 1.54) is 24.0 Å². The maximum absolute atomic E-state index is 9.62. The summed E-state index contributed by atoms with van der Waals surface area (Å²) in [6.45, 7) is 3.35. The largest absolute Gasteiger partial charge is 0.495 e. The number of methoxy groups -OCH3 is 1. The highest BCUT2D eigenvalue weighted by Crippen LogP contribution is 2.39. The van der Waals surface area contributed by atoms with Gasteiger partial charge in [-0.05, 0) is 48.4 Å². The van der Waals surface area contributed by atoms with Gasteiger partial charge in [-0.1, -0.05) is 49.7 Å². The van der Waals surface area contributed by atoms with Gasteiger partial charge in [0.2, 0.25) is 0 Å². The molecule has 1 saturated heterocycles. The van der Waals surface area contributed by atoms with Crippen molar-refractivity contribution >= 4 is 5.69 Å². The van der Waals surface area contributed by atoms with E-state index < -0.39 is 0 Å². The van der Waals surface area contributed by atoms with Crippen molar-refractivity contribution in [2.75, 3.05) is 32.2 Å². The zero-order chi connectivity index (χ0) is 19.9. The van der Waals surface area contributed by atoms with Crippen LogP contribution in [0.4, 0.5) is 5.69 Å². The molecule has 1 fully saturated rings. The van der Waals surface area contributed by atoms with E-state index in [0.29, 0.717) is 5.92 Å². The third-order valence-corrected chi connectivity index (χ3v) is 5.97. The summed E-state index contributed by atoms with van der Waals surface area (Å²) in [5.74, 6) is 1.29. The van der Waals surface area contributed by atoms with Crippen molar-refractivity contribution in [1.29, 1.82) is 0 Å². The number of anilines is 1. The summed E-state index contributed by atoms with van der Waals surface area (Å²) in [5, 5.41) is 13.3. The lowest BCUT2D eigenvalue weighted by Crippen LogP contribution is -2.40. The van der Waals surface area contributed by atoms with Crippen LogP contribution >= 0.6 is 0 Å². The van der Waals surface area contributed by atoms with Gasteiger partial charge in [0.05, 0.1) is 24.9 Å². The Morgan fingerprint density at radius 3 is 2.64 bits per heavy atom. The van der Waals surface area contributed by atoms with Crippen LogP contribution in [0.1, 0.15) is 43.4 Å². The lowest BCUT2D eigenvalue weighted by molar-refractivity contribution is 0.252. The van der Waals surface area contributed by atoms with E-state index in [4.69, 9.17) is 4.74 Å². The summed E-state index contributed by atoms with van der Waals surface area (Å²) in [4.78, 5) is 2.37. The smallest absolute Gasteiger partial charge is 0.142 e. The van der Waals surface area contributed by atoms with Gasteiger partial charge >= 0.3 is 0 Å². The molecule has 0 aromatic heterocycles. The van der Waals surface area contributed by atoms with Gasteiger partial charge in [-0.15, -0.1) is 0 Å². The first kappa shape index (κ1) is 20.7. The third-order valence-electron chi connectivity index (χ3n) is 5.97. The number of rotatable bonds is 9. The van der Waals surface area contributed by atoms with Gasteiger partial charge in [-0.2, -0.15) is 0 Å². The van der Waals surface area contributed by atoms with E-state index in [-0.39, 0.29) is 18.7 Å². The second kappa shape index (κ2) is 9.94. The molecule has 2 N–H and O–H groups in total. The molecule has 2 aromatic rings. The van der Waals surface area contributed by atoms with Gasteiger partial charge in [0.25, 0.3) is 0 Å². The van der Waals surface area contributed by atoms with Crippen LogP contribution in [0.5, 0.6) is 5.75 Å². The molecule has 4 heteroatoms. The number of nitrogens with one attached hydrogen (secondary N) is 1. The van der Waals surface area contributed by atoms with E-state index in [1.807, 2.05) is 0 Å². The van der Waals surface area contributed by atoms with E-state index in [0.717, 1.165) is 30.8 Å². The van der Waals surface area contributed by atoms with E-state index in [2.05, 4.69) is 72.7 Å². The molecule has 0 spiro atoms. The lowest BCUT2D eigenvalue weighted by atomic mass is 9.90. The van der Waals surface area contributed by atoms with Gasteiger partial charge < -0.3 is 20.1 Å². The van der Waals surface area contributed by atoms with Crippen LogP contribution < -0.4 is 15.0 Å². The number of hydrogen-bond donors (Lipinski definition) is 2. The summed E-state index contributed by atoms with van der Waals surface area (Å²) in [6, 6.07) is 17.7. The second-order valence-corrected chi connectivity index (χ2v) is 7.78. The highest BCUT2D eigenvalue weighted by atomic mass is 16.5. The minimum atomic E-state index is 0.214. The molecule has 3 atom stereocenters. The monoisotopic (exact) mass is 382 g/mol.